The van der Waals surface area contributed by atoms with Gasteiger partial charge in [-0.25, -0.2) is 0 Å². The number of fused-ring (bicyclic) bond motifs is 2. The fraction of sp³-hybridized carbons (Fsp3) is 0.455. The summed E-state index contributed by atoms with van der Waals surface area (Å²) in [5.74, 6) is 0. The number of benzene rings is 2. The summed E-state index contributed by atoms with van der Waals surface area (Å²) in [6, 6.07) is 8.72. The van der Waals surface area contributed by atoms with E-state index in [1.54, 1.807) is 0 Å². The average molecular weight is 344 g/mol. The molecule has 1 saturated carbocycles. The molecule has 2 heterocycles. The summed E-state index contributed by atoms with van der Waals surface area (Å²) in [6.07, 6.45) is 3.66. The molecule has 0 saturated heterocycles. The Morgan fingerprint density at radius 3 is 0.962 bits per heavy atom. The third-order valence-electron chi connectivity index (χ3n) is 6.35. The van der Waals surface area contributed by atoms with E-state index in [0.29, 0.717) is 0 Å². The fourth-order valence-electron chi connectivity index (χ4n) is 4.37. The highest BCUT2D eigenvalue weighted by atomic mass is 15.2. The van der Waals surface area contributed by atoms with Crippen molar-refractivity contribution >= 4 is 0 Å². The molecule has 4 nitrogen and oxygen atoms in total. The Morgan fingerprint density at radius 1 is 0.500 bits per heavy atom. The van der Waals surface area contributed by atoms with Gasteiger partial charge >= 0.3 is 0 Å². The number of rotatable bonds is 0. The first kappa shape index (κ1) is 15.9. The van der Waals surface area contributed by atoms with Crippen LogP contribution >= 0.6 is 0 Å². The molecule has 1 fully saturated rings. The van der Waals surface area contributed by atoms with Crippen LogP contribution in [0.3, 0.4) is 0 Å². The lowest BCUT2D eigenvalue weighted by molar-refractivity contribution is 0.215. The van der Waals surface area contributed by atoms with Crippen molar-refractivity contribution in [2.24, 2.45) is 20.0 Å². The summed E-state index contributed by atoms with van der Waals surface area (Å²) < 4.78 is 0. The van der Waals surface area contributed by atoms with Crippen LogP contribution in [0.25, 0.3) is 0 Å². The van der Waals surface area contributed by atoms with Gasteiger partial charge in [0.25, 0.3) is 0 Å². The molecule has 2 spiro atoms. The second-order valence-electron chi connectivity index (χ2n) is 8.26. The molecule has 5 rings (SSSR count). The zero-order chi connectivity index (χ0) is 18.1. The summed E-state index contributed by atoms with van der Waals surface area (Å²) in [7, 11) is 0. The van der Waals surface area contributed by atoms with Gasteiger partial charge in [-0.15, -0.1) is 0 Å². The smallest absolute Gasteiger partial charge is 0.151 e. The quantitative estimate of drug-likeness (QED) is 0.703. The van der Waals surface area contributed by atoms with Crippen molar-refractivity contribution in [1.29, 1.82) is 0 Å². The number of nitrogens with zero attached hydrogens (tertiary/aromatic N) is 4. The lowest BCUT2D eigenvalue weighted by atomic mass is 9.83. The topological polar surface area (TPSA) is 49.4 Å². The molecule has 3 aliphatic rings. The van der Waals surface area contributed by atoms with Crippen LogP contribution in [0, 0.1) is 27.7 Å². The van der Waals surface area contributed by atoms with E-state index in [2.05, 4.69) is 52.0 Å². The van der Waals surface area contributed by atoms with E-state index in [4.69, 9.17) is 20.0 Å². The van der Waals surface area contributed by atoms with Gasteiger partial charge in [-0.1, -0.05) is 0 Å². The Balaban J connectivity index is 1.49. The molecule has 0 N–H and O–H groups in total. The Morgan fingerprint density at radius 2 is 0.731 bits per heavy atom. The van der Waals surface area contributed by atoms with E-state index in [1.165, 1.54) is 22.3 Å². The zero-order valence-corrected chi connectivity index (χ0v) is 15.9. The van der Waals surface area contributed by atoms with Gasteiger partial charge in [-0.3, -0.25) is 20.0 Å². The van der Waals surface area contributed by atoms with Crippen LogP contribution < -0.4 is 21.4 Å². The molecule has 0 amide bonds. The van der Waals surface area contributed by atoms with Crippen molar-refractivity contribution in [3.8, 4) is 0 Å². The SMILES string of the molecule is Cc1cc2c(cc1C)=NC1(CCC3(CC1)N=c1cc(C)c(C)cc1=N3)N=2. The minimum Gasteiger partial charge on any atom is -0.253 e. The molecule has 2 aromatic carbocycles. The molecular formula is C22H24N4. The summed E-state index contributed by atoms with van der Waals surface area (Å²) in [4.78, 5) is 20.1. The number of hydrogen-bond acceptors (Lipinski definition) is 4. The molecule has 2 aliphatic heterocycles. The Hall–Kier alpha value is -2.36. The van der Waals surface area contributed by atoms with Crippen LogP contribution in [0.4, 0.5) is 0 Å². The van der Waals surface area contributed by atoms with Gasteiger partial charge < -0.3 is 0 Å². The minimum atomic E-state index is -0.292. The molecule has 2 aromatic rings. The number of hydrogen-bond donors (Lipinski definition) is 0. The Labute approximate surface area is 153 Å². The summed E-state index contributed by atoms with van der Waals surface area (Å²) in [5.41, 5.74) is 4.56. The maximum atomic E-state index is 5.03. The van der Waals surface area contributed by atoms with Crippen LogP contribution in [0.15, 0.2) is 44.2 Å². The molecule has 4 heteroatoms. The van der Waals surface area contributed by atoms with E-state index < -0.39 is 0 Å². The number of aryl methyl sites for hydroxylation is 4. The van der Waals surface area contributed by atoms with E-state index in [0.717, 1.165) is 47.1 Å². The normalized spacial score (nSPS) is 20.8. The van der Waals surface area contributed by atoms with Crippen molar-refractivity contribution in [3.63, 3.8) is 0 Å². The molecule has 132 valence electrons. The molecule has 0 aromatic heterocycles. The molecule has 0 unspecified atom stereocenters. The highest BCUT2D eigenvalue weighted by Gasteiger charge is 2.44. The van der Waals surface area contributed by atoms with Crippen molar-refractivity contribution in [1.82, 2.24) is 0 Å². The summed E-state index contributed by atoms with van der Waals surface area (Å²) in [6.45, 7) is 8.57. The second kappa shape index (κ2) is 5.09. The zero-order valence-electron chi connectivity index (χ0n) is 15.9. The van der Waals surface area contributed by atoms with Crippen LogP contribution in [0.2, 0.25) is 0 Å². The third-order valence-corrected chi connectivity index (χ3v) is 6.35. The van der Waals surface area contributed by atoms with Crippen molar-refractivity contribution in [2.45, 2.75) is 64.7 Å². The maximum absolute atomic E-state index is 5.03. The molecular weight excluding hydrogens is 320 g/mol. The highest BCUT2D eigenvalue weighted by molar-refractivity contribution is 5.27. The minimum absolute atomic E-state index is 0.292. The Bertz CT molecular complexity index is 1000. The van der Waals surface area contributed by atoms with Gasteiger partial charge in [0, 0.05) is 0 Å². The van der Waals surface area contributed by atoms with Crippen molar-refractivity contribution < 1.29 is 0 Å². The van der Waals surface area contributed by atoms with Gasteiger partial charge in [0.15, 0.2) is 11.3 Å². The standard InChI is InChI=1S/C22H24N4/c1-13-9-17-18(10-14(13)2)24-21(23-17)5-7-22(8-6-21)25-19-11-15(3)16(4)12-20(19)26-22/h9-12H,5-8H2,1-4H3. The molecule has 0 radical (unpaired) electrons. The van der Waals surface area contributed by atoms with E-state index in [-0.39, 0.29) is 11.3 Å². The molecule has 0 bridgehead atoms. The predicted octanol–water partition coefficient (Wildman–Crippen LogP) is 2.09. The third kappa shape index (κ3) is 2.28. The first-order chi connectivity index (χ1) is 12.4. The lowest BCUT2D eigenvalue weighted by Gasteiger charge is -2.36. The highest BCUT2D eigenvalue weighted by Crippen LogP contribution is 2.41. The van der Waals surface area contributed by atoms with Gasteiger partial charge in [0.2, 0.25) is 0 Å². The van der Waals surface area contributed by atoms with Gasteiger partial charge in [-0.05, 0) is 99.9 Å². The van der Waals surface area contributed by atoms with E-state index >= 15 is 0 Å². The largest absolute Gasteiger partial charge is 0.253 e. The predicted molar refractivity (Wildman–Crippen MR) is 100 cm³/mol. The van der Waals surface area contributed by atoms with Gasteiger partial charge in [0.05, 0.1) is 21.4 Å². The van der Waals surface area contributed by atoms with Crippen LogP contribution in [0.1, 0.15) is 47.9 Å². The van der Waals surface area contributed by atoms with Gasteiger partial charge in [-0.2, -0.15) is 0 Å². The van der Waals surface area contributed by atoms with E-state index in [1.807, 2.05) is 0 Å². The van der Waals surface area contributed by atoms with Crippen molar-refractivity contribution in [3.05, 3.63) is 67.9 Å². The van der Waals surface area contributed by atoms with Crippen molar-refractivity contribution in [2.75, 3.05) is 0 Å². The molecule has 1 aliphatic carbocycles. The monoisotopic (exact) mass is 344 g/mol. The first-order valence-electron chi connectivity index (χ1n) is 9.51. The van der Waals surface area contributed by atoms with Crippen LogP contribution in [-0.4, -0.2) is 11.3 Å². The molecule has 26 heavy (non-hydrogen) atoms. The Kier molecular flexibility index (Phi) is 3.10. The second-order valence-corrected chi connectivity index (χ2v) is 8.26. The summed E-state index contributed by atoms with van der Waals surface area (Å²) in [5, 5.41) is 4.22. The molecule has 0 atom stereocenters. The van der Waals surface area contributed by atoms with Gasteiger partial charge in [0.1, 0.15) is 0 Å². The first-order valence-corrected chi connectivity index (χ1v) is 9.51. The lowest BCUT2D eigenvalue weighted by Crippen LogP contribution is -2.38. The van der Waals surface area contributed by atoms with E-state index in [9.17, 15) is 0 Å². The fourth-order valence-corrected chi connectivity index (χ4v) is 4.37. The average Bonchev–Trinajstić information content (AvgIpc) is 3.10. The van der Waals surface area contributed by atoms with Crippen LogP contribution in [-0.2, 0) is 0 Å². The maximum Gasteiger partial charge on any atom is 0.151 e. The van der Waals surface area contributed by atoms with Crippen LogP contribution in [0.5, 0.6) is 0 Å². The summed E-state index contributed by atoms with van der Waals surface area (Å²) >= 11 is 0.